The second kappa shape index (κ2) is 9.73. The Bertz CT molecular complexity index is 1070. The first-order valence-electron chi connectivity index (χ1n) is 9.81. The molecular formula is C23H25N3O4. The molecule has 0 aliphatic rings. The summed E-state index contributed by atoms with van der Waals surface area (Å²) in [6.07, 6.45) is 3.47. The van der Waals surface area contributed by atoms with Crippen LogP contribution >= 0.6 is 0 Å². The van der Waals surface area contributed by atoms with E-state index in [2.05, 4.69) is 15.6 Å². The van der Waals surface area contributed by atoms with E-state index in [9.17, 15) is 14.4 Å². The number of hydrogen-bond donors (Lipinski definition) is 3. The molecule has 0 fully saturated rings. The van der Waals surface area contributed by atoms with Crippen molar-refractivity contribution in [3.8, 4) is 0 Å². The Morgan fingerprint density at radius 1 is 1.07 bits per heavy atom. The summed E-state index contributed by atoms with van der Waals surface area (Å²) in [6.45, 7) is 3.32. The third-order valence-corrected chi connectivity index (χ3v) is 4.75. The Balaban J connectivity index is 1.36. The van der Waals surface area contributed by atoms with Crippen LogP contribution in [0.15, 0.2) is 48.7 Å². The highest BCUT2D eigenvalue weighted by atomic mass is 16.5. The number of carbonyl (C=O) groups excluding carboxylic acids is 3. The van der Waals surface area contributed by atoms with E-state index in [0.29, 0.717) is 12.1 Å². The van der Waals surface area contributed by atoms with Gasteiger partial charge in [-0.3, -0.25) is 14.9 Å². The molecule has 1 heterocycles. The highest BCUT2D eigenvalue weighted by molar-refractivity contribution is 6.02. The van der Waals surface area contributed by atoms with Crippen LogP contribution in [-0.2, 0) is 20.7 Å². The molecular weight excluding hydrogens is 382 g/mol. The van der Waals surface area contributed by atoms with Gasteiger partial charge in [-0.1, -0.05) is 35.9 Å². The van der Waals surface area contributed by atoms with Gasteiger partial charge in [0.2, 0.25) is 0 Å². The number of H-pyrrole nitrogens is 1. The van der Waals surface area contributed by atoms with E-state index in [1.165, 1.54) is 0 Å². The maximum absolute atomic E-state index is 11.9. The Morgan fingerprint density at radius 2 is 1.87 bits per heavy atom. The number of carbonyl (C=O) groups is 3. The Morgan fingerprint density at radius 3 is 2.67 bits per heavy atom. The molecule has 0 atom stereocenters. The van der Waals surface area contributed by atoms with Crippen LogP contribution in [0.2, 0.25) is 0 Å². The average Bonchev–Trinajstić information content (AvgIpc) is 3.12. The summed E-state index contributed by atoms with van der Waals surface area (Å²) in [4.78, 5) is 38.9. The van der Waals surface area contributed by atoms with Crippen LogP contribution < -0.4 is 10.6 Å². The lowest BCUT2D eigenvalue weighted by atomic mass is 10.1. The first kappa shape index (κ1) is 21.1. The maximum Gasteiger partial charge on any atom is 0.325 e. The van der Waals surface area contributed by atoms with Gasteiger partial charge in [-0.15, -0.1) is 0 Å². The number of nitrogens with one attached hydrogen (secondary N) is 3. The number of aromatic nitrogens is 1. The zero-order valence-electron chi connectivity index (χ0n) is 17.1. The van der Waals surface area contributed by atoms with Crippen LogP contribution in [0.3, 0.4) is 0 Å². The summed E-state index contributed by atoms with van der Waals surface area (Å²) in [5.41, 5.74) is 4.77. The van der Waals surface area contributed by atoms with Crippen molar-refractivity contribution < 1.29 is 19.1 Å². The van der Waals surface area contributed by atoms with Crippen molar-refractivity contribution in [2.24, 2.45) is 0 Å². The summed E-state index contributed by atoms with van der Waals surface area (Å²) < 4.78 is 4.96. The van der Waals surface area contributed by atoms with Gasteiger partial charge >= 0.3 is 12.0 Å². The van der Waals surface area contributed by atoms with Crippen molar-refractivity contribution in [2.75, 3.05) is 11.9 Å². The number of aromatic amines is 1. The number of benzene rings is 2. The van der Waals surface area contributed by atoms with Crippen LogP contribution in [0.1, 0.15) is 29.5 Å². The average molecular weight is 407 g/mol. The molecule has 0 aliphatic carbocycles. The van der Waals surface area contributed by atoms with Crippen molar-refractivity contribution in [3.63, 3.8) is 0 Å². The number of amides is 3. The van der Waals surface area contributed by atoms with Crippen molar-refractivity contribution in [1.29, 1.82) is 0 Å². The minimum Gasteiger partial charge on any atom is -0.456 e. The van der Waals surface area contributed by atoms with Gasteiger partial charge in [0.25, 0.3) is 5.91 Å². The van der Waals surface area contributed by atoms with E-state index in [1.54, 1.807) is 6.07 Å². The van der Waals surface area contributed by atoms with Gasteiger partial charge in [0.05, 0.1) is 0 Å². The second-order valence-corrected chi connectivity index (χ2v) is 7.19. The number of imide groups is 1. The summed E-state index contributed by atoms with van der Waals surface area (Å²) >= 11 is 0. The summed E-state index contributed by atoms with van der Waals surface area (Å²) in [7, 11) is 0. The largest absolute Gasteiger partial charge is 0.456 e. The topological polar surface area (TPSA) is 100 Å². The lowest BCUT2D eigenvalue weighted by molar-refractivity contribution is -0.148. The molecule has 3 N–H and O–H groups in total. The lowest BCUT2D eigenvalue weighted by Gasteiger charge is -2.10. The van der Waals surface area contributed by atoms with Gasteiger partial charge in [0.1, 0.15) is 0 Å². The smallest absolute Gasteiger partial charge is 0.325 e. The molecule has 3 amide bonds. The highest BCUT2D eigenvalue weighted by Crippen LogP contribution is 2.19. The number of ether oxygens (including phenoxy) is 1. The molecule has 7 nitrogen and oxygen atoms in total. The van der Waals surface area contributed by atoms with E-state index in [0.717, 1.165) is 34.0 Å². The number of esters is 1. The van der Waals surface area contributed by atoms with Gasteiger partial charge in [-0.25, -0.2) is 4.79 Å². The number of para-hydroxylation sites is 1. The fraction of sp³-hybridized carbons (Fsp3) is 0.261. The molecule has 3 aromatic rings. The molecule has 0 saturated heterocycles. The molecule has 30 heavy (non-hydrogen) atoms. The third kappa shape index (κ3) is 5.70. The summed E-state index contributed by atoms with van der Waals surface area (Å²) in [6, 6.07) is 12.9. The van der Waals surface area contributed by atoms with Crippen LogP contribution in [0.5, 0.6) is 0 Å². The van der Waals surface area contributed by atoms with Crippen LogP contribution in [-0.4, -0.2) is 29.5 Å². The van der Waals surface area contributed by atoms with E-state index in [1.807, 2.05) is 56.4 Å². The van der Waals surface area contributed by atoms with Crippen molar-refractivity contribution >= 4 is 34.5 Å². The van der Waals surface area contributed by atoms with Gasteiger partial charge in [-0.2, -0.15) is 0 Å². The van der Waals surface area contributed by atoms with E-state index in [-0.39, 0.29) is 6.42 Å². The molecule has 0 bridgehead atoms. The Hall–Kier alpha value is -3.61. The predicted molar refractivity (Wildman–Crippen MR) is 115 cm³/mol. The van der Waals surface area contributed by atoms with Gasteiger partial charge < -0.3 is 15.0 Å². The van der Waals surface area contributed by atoms with Gasteiger partial charge in [0, 0.05) is 29.2 Å². The van der Waals surface area contributed by atoms with Crippen LogP contribution in [0, 0.1) is 13.8 Å². The highest BCUT2D eigenvalue weighted by Gasteiger charge is 2.12. The van der Waals surface area contributed by atoms with Crippen LogP contribution in [0.25, 0.3) is 10.9 Å². The number of anilines is 1. The zero-order chi connectivity index (χ0) is 21.5. The minimum atomic E-state index is -0.678. The molecule has 0 spiro atoms. The number of hydrogen-bond acceptors (Lipinski definition) is 4. The SMILES string of the molecule is Cc1ccc(NC(=O)NC(=O)COC(=O)CCCc2c[nH]c3ccccc23)c(C)c1. The van der Waals surface area contributed by atoms with Gasteiger partial charge in [0.15, 0.2) is 6.61 Å². The van der Waals surface area contributed by atoms with Gasteiger partial charge in [-0.05, 0) is 49.9 Å². The van der Waals surface area contributed by atoms with E-state index in [4.69, 9.17) is 4.74 Å². The molecule has 156 valence electrons. The summed E-state index contributed by atoms with van der Waals surface area (Å²) in [5, 5.41) is 5.90. The quantitative estimate of drug-likeness (QED) is 0.515. The number of rotatable bonds is 7. The predicted octanol–water partition coefficient (Wildman–Crippen LogP) is 4.00. The van der Waals surface area contributed by atoms with E-state index < -0.39 is 24.5 Å². The molecule has 0 aliphatic heterocycles. The first-order chi connectivity index (χ1) is 14.4. The number of fused-ring (bicyclic) bond motifs is 1. The molecule has 3 rings (SSSR count). The lowest BCUT2D eigenvalue weighted by Crippen LogP contribution is -2.37. The number of aryl methyl sites for hydroxylation is 3. The summed E-state index contributed by atoms with van der Waals surface area (Å²) in [5.74, 6) is -1.15. The second-order valence-electron chi connectivity index (χ2n) is 7.19. The molecule has 0 saturated carbocycles. The molecule has 2 aromatic carbocycles. The number of urea groups is 1. The van der Waals surface area contributed by atoms with Crippen molar-refractivity contribution in [3.05, 3.63) is 65.4 Å². The standard InChI is InChI=1S/C23H25N3O4/c1-15-10-11-19(16(2)12-15)25-23(29)26-21(27)14-30-22(28)9-5-6-17-13-24-20-8-4-3-7-18(17)20/h3-4,7-8,10-13,24H,5-6,9,14H2,1-2H3,(H2,25,26,27,29). The molecule has 0 unspecified atom stereocenters. The molecule has 7 heteroatoms. The first-order valence-corrected chi connectivity index (χ1v) is 9.81. The van der Waals surface area contributed by atoms with E-state index >= 15 is 0 Å². The fourth-order valence-electron chi connectivity index (χ4n) is 3.25. The molecule has 0 radical (unpaired) electrons. The molecule has 1 aromatic heterocycles. The maximum atomic E-state index is 11.9. The Labute approximate surface area is 174 Å². The Kier molecular flexibility index (Phi) is 6.85. The van der Waals surface area contributed by atoms with Crippen LogP contribution in [0.4, 0.5) is 10.5 Å². The normalized spacial score (nSPS) is 10.6. The van der Waals surface area contributed by atoms with Crippen molar-refractivity contribution in [1.82, 2.24) is 10.3 Å². The third-order valence-electron chi connectivity index (χ3n) is 4.75. The zero-order valence-corrected chi connectivity index (χ0v) is 17.1. The minimum absolute atomic E-state index is 0.196. The fourth-order valence-corrected chi connectivity index (χ4v) is 3.25. The monoisotopic (exact) mass is 407 g/mol. The van der Waals surface area contributed by atoms with Crippen molar-refractivity contribution in [2.45, 2.75) is 33.1 Å².